The summed E-state index contributed by atoms with van der Waals surface area (Å²) in [7, 11) is 0. The number of benzene rings is 1. The van der Waals surface area contributed by atoms with Gasteiger partial charge in [-0.3, -0.25) is 0 Å². The van der Waals surface area contributed by atoms with Crippen LogP contribution in [0.4, 0.5) is 0 Å². The van der Waals surface area contributed by atoms with Gasteiger partial charge in [-0.05, 0) is 18.2 Å². The number of rotatable bonds is 4. The van der Waals surface area contributed by atoms with Crippen molar-refractivity contribution in [3.8, 4) is 22.8 Å². The van der Waals surface area contributed by atoms with E-state index < -0.39 is 0 Å². The normalized spacial score (nSPS) is 12.7. The molecule has 0 unspecified atom stereocenters. The van der Waals surface area contributed by atoms with Crippen LogP contribution in [0, 0.1) is 0 Å². The molecule has 0 atom stereocenters. The molecule has 0 fully saturated rings. The summed E-state index contributed by atoms with van der Waals surface area (Å²) in [6.07, 6.45) is 1.77. The van der Waals surface area contributed by atoms with Crippen molar-refractivity contribution in [2.45, 2.75) is 13.1 Å². The van der Waals surface area contributed by atoms with Crippen molar-refractivity contribution in [1.82, 2.24) is 15.0 Å². The largest absolute Gasteiger partial charge is 0.454 e. The van der Waals surface area contributed by atoms with E-state index in [4.69, 9.17) is 15.2 Å². The first-order chi connectivity index (χ1) is 9.33. The van der Waals surface area contributed by atoms with Crippen molar-refractivity contribution in [2.24, 2.45) is 5.73 Å². The highest BCUT2D eigenvalue weighted by Crippen LogP contribution is 2.36. The minimum Gasteiger partial charge on any atom is -0.454 e. The molecule has 2 heterocycles. The van der Waals surface area contributed by atoms with E-state index in [2.05, 4.69) is 16.9 Å². The maximum Gasteiger partial charge on any atom is 0.231 e. The maximum absolute atomic E-state index is 5.71. The molecule has 2 aromatic rings. The average Bonchev–Trinajstić information content (AvgIpc) is 3.04. The third-order valence-corrected chi connectivity index (χ3v) is 2.95. The molecule has 6 heteroatoms. The predicted molar refractivity (Wildman–Crippen MR) is 69.7 cm³/mol. The molecule has 3 rings (SSSR count). The lowest BCUT2D eigenvalue weighted by molar-refractivity contribution is 0.174. The summed E-state index contributed by atoms with van der Waals surface area (Å²) in [4.78, 5) is 0. The molecule has 1 aliphatic rings. The Bertz CT molecular complexity index is 621. The van der Waals surface area contributed by atoms with Gasteiger partial charge in [-0.1, -0.05) is 11.3 Å². The van der Waals surface area contributed by atoms with Gasteiger partial charge in [0, 0.05) is 12.1 Å². The van der Waals surface area contributed by atoms with Crippen LogP contribution >= 0.6 is 0 Å². The van der Waals surface area contributed by atoms with Crippen molar-refractivity contribution in [3.05, 3.63) is 36.5 Å². The van der Waals surface area contributed by atoms with Crippen molar-refractivity contribution in [1.29, 1.82) is 0 Å². The molecule has 0 aliphatic carbocycles. The van der Waals surface area contributed by atoms with E-state index in [0.29, 0.717) is 13.1 Å². The van der Waals surface area contributed by atoms with Gasteiger partial charge < -0.3 is 15.2 Å². The fraction of sp³-hybridized carbons (Fsp3) is 0.231. The van der Waals surface area contributed by atoms with Gasteiger partial charge in [0.15, 0.2) is 11.5 Å². The quantitative estimate of drug-likeness (QED) is 0.837. The van der Waals surface area contributed by atoms with E-state index in [9.17, 15) is 0 Å². The van der Waals surface area contributed by atoms with Crippen LogP contribution in [-0.2, 0) is 13.1 Å². The number of aromatic nitrogens is 3. The Balaban J connectivity index is 2.10. The second-order valence-corrected chi connectivity index (χ2v) is 4.13. The molecule has 0 amide bonds. The van der Waals surface area contributed by atoms with Crippen molar-refractivity contribution in [2.75, 3.05) is 6.79 Å². The standard InChI is InChI=1S/C13H14N4O2/c1-2-5-17-13(10(7-14)15-16-17)9-3-4-11-12(6-9)19-8-18-11/h2-4,6H,1,5,7-8,14H2. The average molecular weight is 258 g/mol. The highest BCUT2D eigenvalue weighted by Gasteiger charge is 2.18. The fourth-order valence-corrected chi connectivity index (χ4v) is 2.10. The predicted octanol–water partition coefficient (Wildman–Crippen LogP) is 1.32. The van der Waals surface area contributed by atoms with Crippen LogP contribution < -0.4 is 15.2 Å². The Morgan fingerprint density at radius 1 is 1.37 bits per heavy atom. The second kappa shape index (κ2) is 4.74. The van der Waals surface area contributed by atoms with E-state index in [1.165, 1.54) is 0 Å². The number of fused-ring (bicyclic) bond motifs is 1. The summed E-state index contributed by atoms with van der Waals surface area (Å²) in [6, 6.07) is 5.74. The third kappa shape index (κ3) is 1.96. The summed E-state index contributed by atoms with van der Waals surface area (Å²) in [5, 5.41) is 8.18. The molecular formula is C13H14N4O2. The van der Waals surface area contributed by atoms with E-state index in [1.807, 2.05) is 18.2 Å². The second-order valence-electron chi connectivity index (χ2n) is 4.13. The molecule has 0 spiro atoms. The lowest BCUT2D eigenvalue weighted by Crippen LogP contribution is -2.03. The Hall–Kier alpha value is -2.34. The van der Waals surface area contributed by atoms with Gasteiger partial charge in [-0.2, -0.15) is 0 Å². The number of allylic oxidation sites excluding steroid dienone is 1. The number of ether oxygens (including phenoxy) is 2. The molecule has 0 saturated carbocycles. The van der Waals surface area contributed by atoms with Crippen LogP contribution in [0.3, 0.4) is 0 Å². The molecule has 0 bridgehead atoms. The molecule has 1 aromatic carbocycles. The van der Waals surface area contributed by atoms with Crippen LogP contribution in [0.5, 0.6) is 11.5 Å². The number of nitrogens with two attached hydrogens (primary N) is 1. The molecule has 19 heavy (non-hydrogen) atoms. The smallest absolute Gasteiger partial charge is 0.231 e. The fourth-order valence-electron chi connectivity index (χ4n) is 2.10. The van der Waals surface area contributed by atoms with Gasteiger partial charge in [0.05, 0.1) is 12.2 Å². The van der Waals surface area contributed by atoms with E-state index >= 15 is 0 Å². The Morgan fingerprint density at radius 2 is 2.21 bits per heavy atom. The summed E-state index contributed by atoms with van der Waals surface area (Å²) < 4.78 is 12.5. The molecule has 0 radical (unpaired) electrons. The first-order valence-electron chi connectivity index (χ1n) is 5.97. The van der Waals surface area contributed by atoms with E-state index in [1.54, 1.807) is 10.8 Å². The molecule has 1 aromatic heterocycles. The van der Waals surface area contributed by atoms with Gasteiger partial charge in [0.2, 0.25) is 6.79 Å². The molecule has 0 saturated heterocycles. The monoisotopic (exact) mass is 258 g/mol. The van der Waals surface area contributed by atoms with E-state index in [-0.39, 0.29) is 6.79 Å². The zero-order chi connectivity index (χ0) is 13.2. The molecule has 98 valence electrons. The van der Waals surface area contributed by atoms with Crippen LogP contribution in [0.25, 0.3) is 11.3 Å². The SMILES string of the molecule is C=CCn1nnc(CN)c1-c1ccc2c(c1)OCO2. The van der Waals surface area contributed by atoms with Crippen molar-refractivity contribution in [3.63, 3.8) is 0 Å². The van der Waals surface area contributed by atoms with Crippen LogP contribution in [-0.4, -0.2) is 21.8 Å². The van der Waals surface area contributed by atoms with E-state index in [0.717, 1.165) is 28.5 Å². The zero-order valence-electron chi connectivity index (χ0n) is 10.4. The van der Waals surface area contributed by atoms with Crippen molar-refractivity contribution >= 4 is 0 Å². The Morgan fingerprint density at radius 3 is 3.00 bits per heavy atom. The van der Waals surface area contributed by atoms with Crippen LogP contribution in [0.2, 0.25) is 0 Å². The molecular weight excluding hydrogens is 244 g/mol. The van der Waals surface area contributed by atoms with Gasteiger partial charge >= 0.3 is 0 Å². The Kier molecular flexibility index (Phi) is 2.92. The Labute approximate surface area is 110 Å². The van der Waals surface area contributed by atoms with Crippen LogP contribution in [0.15, 0.2) is 30.9 Å². The first kappa shape index (κ1) is 11.7. The summed E-state index contributed by atoms with van der Waals surface area (Å²) >= 11 is 0. The third-order valence-electron chi connectivity index (χ3n) is 2.95. The number of nitrogens with zero attached hydrogens (tertiary/aromatic N) is 3. The lowest BCUT2D eigenvalue weighted by atomic mass is 10.1. The number of hydrogen-bond acceptors (Lipinski definition) is 5. The molecule has 2 N–H and O–H groups in total. The minimum absolute atomic E-state index is 0.257. The lowest BCUT2D eigenvalue weighted by Gasteiger charge is -2.06. The maximum atomic E-state index is 5.71. The van der Waals surface area contributed by atoms with Crippen molar-refractivity contribution < 1.29 is 9.47 Å². The molecule has 1 aliphatic heterocycles. The highest BCUT2D eigenvalue weighted by atomic mass is 16.7. The first-order valence-corrected chi connectivity index (χ1v) is 5.97. The van der Waals surface area contributed by atoms with Crippen LogP contribution in [0.1, 0.15) is 5.69 Å². The van der Waals surface area contributed by atoms with Gasteiger partial charge in [0.1, 0.15) is 5.69 Å². The van der Waals surface area contributed by atoms with Gasteiger partial charge in [-0.25, -0.2) is 4.68 Å². The highest BCUT2D eigenvalue weighted by molar-refractivity contribution is 5.66. The minimum atomic E-state index is 0.257. The molecule has 6 nitrogen and oxygen atoms in total. The van der Waals surface area contributed by atoms with Gasteiger partial charge in [-0.15, -0.1) is 11.7 Å². The zero-order valence-corrected chi connectivity index (χ0v) is 10.4. The summed E-state index contributed by atoms with van der Waals surface area (Å²) in [6.45, 7) is 4.89. The van der Waals surface area contributed by atoms with Gasteiger partial charge in [0.25, 0.3) is 0 Å². The summed E-state index contributed by atoms with van der Waals surface area (Å²) in [5.41, 5.74) is 8.31. The number of hydrogen-bond donors (Lipinski definition) is 1. The topological polar surface area (TPSA) is 75.2 Å². The summed E-state index contributed by atoms with van der Waals surface area (Å²) in [5.74, 6) is 1.48.